The zero-order valence-corrected chi connectivity index (χ0v) is 14.3. The van der Waals surface area contributed by atoms with Gasteiger partial charge in [0.05, 0.1) is 4.90 Å². The highest BCUT2D eigenvalue weighted by Crippen LogP contribution is 2.27. The normalized spacial score (nSPS) is 17.5. The minimum absolute atomic E-state index is 0.281. The summed E-state index contributed by atoms with van der Waals surface area (Å²) in [7, 11) is -3.40. The summed E-state index contributed by atoms with van der Waals surface area (Å²) in [5, 5.41) is 8.09. The molecule has 0 radical (unpaired) electrons. The smallest absolute Gasteiger partial charge is 0.243 e. The fraction of sp³-hybridized carbons (Fsp3) is 0.500. The third kappa shape index (κ3) is 3.16. The van der Waals surface area contributed by atoms with Crippen molar-refractivity contribution in [2.24, 2.45) is 0 Å². The zero-order valence-electron chi connectivity index (χ0n) is 13.5. The van der Waals surface area contributed by atoms with Crippen LogP contribution in [-0.4, -0.2) is 40.6 Å². The Balaban J connectivity index is 1.74. The third-order valence-electron chi connectivity index (χ3n) is 4.41. The second-order valence-corrected chi connectivity index (χ2v) is 7.90. The van der Waals surface area contributed by atoms with E-state index >= 15 is 0 Å². The van der Waals surface area contributed by atoms with E-state index in [0.29, 0.717) is 18.0 Å². The fourth-order valence-corrected chi connectivity index (χ4v) is 4.69. The van der Waals surface area contributed by atoms with Crippen molar-refractivity contribution in [2.75, 3.05) is 13.1 Å². The summed E-state index contributed by atoms with van der Waals surface area (Å²) >= 11 is 0. The Morgan fingerprint density at radius 3 is 2.65 bits per heavy atom. The van der Waals surface area contributed by atoms with Crippen LogP contribution in [0.15, 0.2) is 35.5 Å². The monoisotopic (exact) mass is 334 g/mol. The molecule has 1 aromatic carbocycles. The van der Waals surface area contributed by atoms with E-state index in [9.17, 15) is 8.42 Å². The van der Waals surface area contributed by atoms with Gasteiger partial charge in [0.2, 0.25) is 10.0 Å². The van der Waals surface area contributed by atoms with Gasteiger partial charge in [0.1, 0.15) is 12.2 Å². The maximum atomic E-state index is 12.8. The maximum Gasteiger partial charge on any atom is 0.243 e. The van der Waals surface area contributed by atoms with Crippen LogP contribution in [0.25, 0.3) is 0 Å². The molecule has 0 atom stereocenters. The molecule has 0 saturated carbocycles. The standard InChI is InChI=1S/C16H22N4O2S/c1-3-16-18-17-12-20(16)14-7-9-19(10-8-14)23(21,22)15-6-4-5-13(2)11-15/h4-6,11-12,14H,3,7-10H2,1-2H3. The van der Waals surface area contributed by atoms with Gasteiger partial charge in [-0.2, -0.15) is 4.31 Å². The first kappa shape index (κ1) is 16.1. The molecule has 124 valence electrons. The molecule has 0 amide bonds. The van der Waals surface area contributed by atoms with E-state index < -0.39 is 10.0 Å². The number of piperidine rings is 1. The lowest BCUT2D eigenvalue weighted by Gasteiger charge is -2.32. The molecule has 0 N–H and O–H groups in total. The van der Waals surface area contributed by atoms with E-state index in [0.717, 1.165) is 30.7 Å². The van der Waals surface area contributed by atoms with E-state index in [2.05, 4.69) is 21.7 Å². The summed E-state index contributed by atoms with van der Waals surface area (Å²) in [5.74, 6) is 0.963. The first-order valence-electron chi connectivity index (χ1n) is 7.97. The van der Waals surface area contributed by atoms with Gasteiger partial charge in [-0.25, -0.2) is 8.42 Å². The minimum Gasteiger partial charge on any atom is -0.314 e. The predicted molar refractivity (Wildman–Crippen MR) is 87.6 cm³/mol. The van der Waals surface area contributed by atoms with Gasteiger partial charge in [-0.3, -0.25) is 0 Å². The molecule has 1 aromatic heterocycles. The van der Waals surface area contributed by atoms with Gasteiger partial charge in [-0.1, -0.05) is 19.1 Å². The number of benzene rings is 1. The number of rotatable bonds is 4. The third-order valence-corrected chi connectivity index (χ3v) is 6.30. The largest absolute Gasteiger partial charge is 0.314 e. The van der Waals surface area contributed by atoms with Gasteiger partial charge in [-0.15, -0.1) is 10.2 Å². The van der Waals surface area contributed by atoms with Gasteiger partial charge < -0.3 is 4.57 Å². The summed E-state index contributed by atoms with van der Waals surface area (Å²) in [6.07, 6.45) is 4.17. The molecule has 2 aromatic rings. The van der Waals surface area contributed by atoms with Crippen LogP contribution >= 0.6 is 0 Å². The highest BCUT2D eigenvalue weighted by Gasteiger charge is 2.30. The predicted octanol–water partition coefficient (Wildman–Crippen LogP) is 2.17. The van der Waals surface area contributed by atoms with Crippen LogP contribution in [0.5, 0.6) is 0 Å². The Hall–Kier alpha value is -1.73. The highest BCUT2D eigenvalue weighted by atomic mass is 32.2. The molecule has 0 aliphatic carbocycles. The number of sulfonamides is 1. The first-order valence-corrected chi connectivity index (χ1v) is 9.41. The maximum absolute atomic E-state index is 12.8. The molecule has 23 heavy (non-hydrogen) atoms. The molecule has 1 saturated heterocycles. The average Bonchev–Trinajstić information content (AvgIpc) is 3.03. The zero-order chi connectivity index (χ0) is 16.4. The molecular weight excluding hydrogens is 312 g/mol. The molecule has 2 heterocycles. The van der Waals surface area contributed by atoms with Gasteiger partial charge in [-0.05, 0) is 37.5 Å². The van der Waals surface area contributed by atoms with Crippen molar-refractivity contribution in [3.8, 4) is 0 Å². The molecule has 1 aliphatic heterocycles. The Bertz CT molecular complexity index is 777. The fourth-order valence-electron chi connectivity index (χ4n) is 3.11. The van der Waals surface area contributed by atoms with E-state index in [-0.39, 0.29) is 6.04 Å². The van der Waals surface area contributed by atoms with Crippen LogP contribution in [-0.2, 0) is 16.4 Å². The Kier molecular flexibility index (Phi) is 4.50. The molecular formula is C16H22N4O2S. The van der Waals surface area contributed by atoms with E-state index in [1.807, 2.05) is 13.0 Å². The van der Waals surface area contributed by atoms with Crippen LogP contribution in [0.4, 0.5) is 0 Å². The molecule has 1 fully saturated rings. The van der Waals surface area contributed by atoms with E-state index in [1.54, 1.807) is 28.8 Å². The Labute approximate surface area is 137 Å². The topological polar surface area (TPSA) is 68.1 Å². The molecule has 7 heteroatoms. The second-order valence-electron chi connectivity index (χ2n) is 5.96. The Morgan fingerprint density at radius 2 is 2.00 bits per heavy atom. The Morgan fingerprint density at radius 1 is 1.26 bits per heavy atom. The molecule has 3 rings (SSSR count). The van der Waals surface area contributed by atoms with Crippen molar-refractivity contribution in [1.29, 1.82) is 0 Å². The van der Waals surface area contributed by atoms with Crippen molar-refractivity contribution in [3.05, 3.63) is 42.0 Å². The van der Waals surface area contributed by atoms with Crippen LogP contribution in [0.1, 0.15) is 37.2 Å². The van der Waals surface area contributed by atoms with E-state index in [1.165, 1.54) is 0 Å². The molecule has 0 bridgehead atoms. The lowest BCUT2D eigenvalue weighted by molar-refractivity contribution is 0.270. The van der Waals surface area contributed by atoms with Crippen LogP contribution in [0.3, 0.4) is 0 Å². The molecule has 0 spiro atoms. The summed E-state index contributed by atoms with van der Waals surface area (Å²) in [5.41, 5.74) is 0.957. The molecule has 1 aliphatic rings. The molecule has 0 unspecified atom stereocenters. The average molecular weight is 334 g/mol. The lowest BCUT2D eigenvalue weighted by atomic mass is 10.1. The van der Waals surface area contributed by atoms with Crippen LogP contribution in [0.2, 0.25) is 0 Å². The van der Waals surface area contributed by atoms with Gasteiger partial charge in [0, 0.05) is 25.6 Å². The van der Waals surface area contributed by atoms with Crippen molar-refractivity contribution in [1.82, 2.24) is 19.1 Å². The van der Waals surface area contributed by atoms with Gasteiger partial charge in [0.15, 0.2) is 0 Å². The summed E-state index contributed by atoms with van der Waals surface area (Å²) in [6, 6.07) is 7.38. The van der Waals surface area contributed by atoms with Crippen molar-refractivity contribution >= 4 is 10.0 Å². The number of hydrogen-bond donors (Lipinski definition) is 0. The van der Waals surface area contributed by atoms with Crippen molar-refractivity contribution < 1.29 is 8.42 Å². The SMILES string of the molecule is CCc1nncn1C1CCN(S(=O)(=O)c2cccc(C)c2)CC1. The minimum atomic E-state index is -3.40. The first-order chi connectivity index (χ1) is 11.0. The summed E-state index contributed by atoms with van der Waals surface area (Å²) < 4.78 is 29.2. The van der Waals surface area contributed by atoms with E-state index in [4.69, 9.17) is 0 Å². The van der Waals surface area contributed by atoms with Crippen LogP contribution < -0.4 is 0 Å². The van der Waals surface area contributed by atoms with Crippen molar-refractivity contribution in [2.45, 2.75) is 44.0 Å². The van der Waals surface area contributed by atoms with Gasteiger partial charge in [0.25, 0.3) is 0 Å². The number of nitrogens with zero attached hydrogens (tertiary/aromatic N) is 4. The van der Waals surface area contributed by atoms with Crippen molar-refractivity contribution in [3.63, 3.8) is 0 Å². The summed E-state index contributed by atoms with van der Waals surface area (Å²) in [6.45, 7) is 5.02. The molecule has 6 nitrogen and oxygen atoms in total. The summed E-state index contributed by atoms with van der Waals surface area (Å²) in [4.78, 5) is 0.384. The second kappa shape index (κ2) is 6.41. The van der Waals surface area contributed by atoms with Gasteiger partial charge >= 0.3 is 0 Å². The highest BCUT2D eigenvalue weighted by molar-refractivity contribution is 7.89. The van der Waals surface area contributed by atoms with Crippen LogP contribution in [0, 0.1) is 6.92 Å². The number of aryl methyl sites for hydroxylation is 2. The lowest BCUT2D eigenvalue weighted by Crippen LogP contribution is -2.39. The number of hydrogen-bond acceptors (Lipinski definition) is 4. The quantitative estimate of drug-likeness (QED) is 0.859. The number of aromatic nitrogens is 3.